The van der Waals surface area contributed by atoms with Crippen molar-refractivity contribution in [1.29, 1.82) is 0 Å². The Morgan fingerprint density at radius 1 is 0.444 bits per heavy atom. The molecule has 0 atom stereocenters. The molecule has 73 valence electrons. The van der Waals surface area contributed by atoms with Gasteiger partial charge >= 0.3 is 24.8 Å². The molecule has 0 rings (SSSR count). The number of hydrogen-bond acceptors (Lipinski definition) is 0. The normalized spacial score (nSPS) is 0.778. The predicted octanol–water partition coefficient (Wildman–Crippen LogP) is -5.09. The SMILES string of the molecule is O.O.O.O.O.O.O.[Cl][Ni]. The molecule has 0 amide bonds. The van der Waals surface area contributed by atoms with Gasteiger partial charge in [0.05, 0.1) is 0 Å². The van der Waals surface area contributed by atoms with Crippen molar-refractivity contribution in [3.63, 3.8) is 0 Å². The van der Waals surface area contributed by atoms with Crippen LogP contribution in [0.5, 0.6) is 0 Å². The third kappa shape index (κ3) is 1420. The maximum atomic E-state index is 4.26. The van der Waals surface area contributed by atoms with Crippen LogP contribution in [0.3, 0.4) is 0 Å². The first-order valence-corrected chi connectivity index (χ1v) is 1.48. The first kappa shape index (κ1) is 304. The van der Waals surface area contributed by atoms with Crippen molar-refractivity contribution in [3.8, 4) is 0 Å². The molecule has 14 N–H and O–H groups in total. The summed E-state index contributed by atoms with van der Waals surface area (Å²) in [4.78, 5) is 0. The van der Waals surface area contributed by atoms with Gasteiger partial charge < -0.3 is 38.3 Å². The zero-order valence-corrected chi connectivity index (χ0v) is 5.94. The second-order valence-electron chi connectivity index (χ2n) is 0. The molecule has 7 nitrogen and oxygen atoms in total. The third-order valence-electron chi connectivity index (χ3n) is 0. The van der Waals surface area contributed by atoms with E-state index in [1.165, 1.54) is 0 Å². The van der Waals surface area contributed by atoms with Crippen LogP contribution in [0.25, 0.3) is 0 Å². The fourth-order valence-corrected chi connectivity index (χ4v) is 0. The summed E-state index contributed by atoms with van der Waals surface area (Å²) in [5.41, 5.74) is 0. The molecule has 0 heterocycles. The van der Waals surface area contributed by atoms with Crippen LogP contribution in [0, 0.1) is 0 Å². The van der Waals surface area contributed by atoms with Crippen molar-refractivity contribution in [2.24, 2.45) is 0 Å². The van der Waals surface area contributed by atoms with Crippen LogP contribution in [0.15, 0.2) is 0 Å². The standard InChI is InChI=1S/ClH.Ni.7H2O/h1H;;7*1H2/q;+1;;;;;;;/p-1. The average molecular weight is 220 g/mol. The van der Waals surface area contributed by atoms with Crippen LogP contribution in [0.1, 0.15) is 0 Å². The van der Waals surface area contributed by atoms with Crippen LogP contribution < -0.4 is 0 Å². The molecular weight excluding hydrogens is 206 g/mol. The zero-order chi connectivity index (χ0) is 2.00. The van der Waals surface area contributed by atoms with Crippen LogP contribution in [-0.2, 0) is 14.6 Å². The van der Waals surface area contributed by atoms with Gasteiger partial charge in [-0.2, -0.15) is 0 Å². The summed E-state index contributed by atoms with van der Waals surface area (Å²) < 4.78 is 0. The Labute approximate surface area is 63.8 Å². The molecule has 0 radical (unpaired) electrons. The van der Waals surface area contributed by atoms with Crippen LogP contribution >= 0.6 is 10.2 Å². The van der Waals surface area contributed by atoms with Crippen LogP contribution in [0.2, 0.25) is 0 Å². The Balaban J connectivity index is -0.000000000238. The van der Waals surface area contributed by atoms with E-state index in [4.69, 9.17) is 0 Å². The summed E-state index contributed by atoms with van der Waals surface area (Å²) in [7, 11) is 4.26. The maximum absolute atomic E-state index is 4.26. The Morgan fingerprint density at radius 3 is 0.444 bits per heavy atom. The minimum absolute atomic E-state index is 0. The molecule has 0 aliphatic rings. The summed E-state index contributed by atoms with van der Waals surface area (Å²) in [5, 5.41) is 0. The first-order valence-electron chi connectivity index (χ1n) is 0.120. The molecule has 0 aliphatic carbocycles. The van der Waals surface area contributed by atoms with E-state index in [0.717, 1.165) is 0 Å². The van der Waals surface area contributed by atoms with Gasteiger partial charge in [-0.05, 0) is 0 Å². The van der Waals surface area contributed by atoms with Crippen molar-refractivity contribution < 1.29 is 52.9 Å². The number of hydrogen-bond donors (Lipinski definition) is 0. The predicted molar refractivity (Wildman–Crippen MR) is 31.1 cm³/mol. The fraction of sp³-hybridized carbons (Fsp3) is 0. The Hall–Kier alpha value is 0.504. The van der Waals surface area contributed by atoms with Crippen molar-refractivity contribution in [3.05, 3.63) is 0 Å². The monoisotopic (exact) mass is 219 g/mol. The first-order chi connectivity index (χ1) is 1.00. The molecule has 0 aliphatic heterocycles. The summed E-state index contributed by atoms with van der Waals surface area (Å²) in [5.74, 6) is 0. The second-order valence-corrected chi connectivity index (χ2v) is 0. The van der Waals surface area contributed by atoms with Gasteiger partial charge in [0, 0.05) is 0 Å². The van der Waals surface area contributed by atoms with E-state index in [1.54, 1.807) is 0 Å². The van der Waals surface area contributed by atoms with Crippen LogP contribution in [-0.4, -0.2) is 38.3 Å². The molecule has 9 heteroatoms. The van der Waals surface area contributed by atoms with E-state index < -0.39 is 0 Å². The molecule has 0 unspecified atom stereocenters. The van der Waals surface area contributed by atoms with Gasteiger partial charge in [0.1, 0.15) is 0 Å². The Morgan fingerprint density at radius 2 is 0.444 bits per heavy atom. The van der Waals surface area contributed by atoms with Gasteiger partial charge in [-0.3, -0.25) is 0 Å². The van der Waals surface area contributed by atoms with Crippen LogP contribution in [0.4, 0.5) is 0 Å². The van der Waals surface area contributed by atoms with E-state index in [9.17, 15) is 0 Å². The van der Waals surface area contributed by atoms with Crippen molar-refractivity contribution in [2.45, 2.75) is 0 Å². The van der Waals surface area contributed by atoms with Gasteiger partial charge in [0.15, 0.2) is 0 Å². The van der Waals surface area contributed by atoms with Gasteiger partial charge in [-0.25, -0.2) is 0 Å². The summed E-state index contributed by atoms with van der Waals surface area (Å²) in [6, 6.07) is 0. The molecule has 9 heavy (non-hydrogen) atoms. The topological polar surface area (TPSA) is 220 Å². The van der Waals surface area contributed by atoms with Gasteiger partial charge in [-0.15, -0.1) is 0 Å². The summed E-state index contributed by atoms with van der Waals surface area (Å²) in [6.07, 6.45) is 0. The quantitative estimate of drug-likeness (QED) is 0.349. The molecule has 0 saturated heterocycles. The summed E-state index contributed by atoms with van der Waals surface area (Å²) in [6.45, 7) is 0. The van der Waals surface area contributed by atoms with Gasteiger partial charge in [0.25, 0.3) is 0 Å². The van der Waals surface area contributed by atoms with Crippen molar-refractivity contribution in [2.75, 3.05) is 0 Å². The molecule has 0 bridgehead atoms. The number of halogens is 1. The molecular formula is H14ClNiO7. The van der Waals surface area contributed by atoms with Gasteiger partial charge in [0.2, 0.25) is 0 Å². The Bertz CT molecular complexity index is 8.88. The fourth-order valence-electron chi connectivity index (χ4n) is 0. The van der Waals surface area contributed by atoms with Crippen molar-refractivity contribution in [1.82, 2.24) is 0 Å². The Kier molecular flexibility index (Phi) is 63800. The van der Waals surface area contributed by atoms with E-state index in [2.05, 4.69) is 24.8 Å². The van der Waals surface area contributed by atoms with E-state index >= 15 is 0 Å². The third-order valence-corrected chi connectivity index (χ3v) is 0. The average Bonchev–Trinajstić information content (AvgIpc) is 1.00. The second kappa shape index (κ2) is 1890. The zero-order valence-electron chi connectivity index (χ0n) is 4.19. The van der Waals surface area contributed by atoms with E-state index in [-0.39, 0.29) is 38.3 Å². The molecule has 0 aromatic heterocycles. The van der Waals surface area contributed by atoms with Gasteiger partial charge in [-0.1, -0.05) is 0 Å². The van der Waals surface area contributed by atoms with E-state index in [0.29, 0.717) is 0 Å². The molecule has 0 aromatic rings. The number of rotatable bonds is 0. The molecule has 0 spiro atoms. The molecule has 0 saturated carbocycles. The van der Waals surface area contributed by atoms with Crippen molar-refractivity contribution >= 4 is 10.2 Å². The summed E-state index contributed by atoms with van der Waals surface area (Å²) >= 11 is 3.35. The minimum atomic E-state index is 0. The molecule has 0 fully saturated rings. The van der Waals surface area contributed by atoms with E-state index in [1.807, 2.05) is 0 Å². The molecule has 0 aromatic carbocycles.